The summed E-state index contributed by atoms with van der Waals surface area (Å²) in [5, 5.41) is 5.64. The number of nitrogens with two attached hydrogens (primary N) is 1. The van der Waals surface area contributed by atoms with E-state index in [1.54, 1.807) is 20.2 Å². The molecule has 0 spiro atoms. The molecule has 0 bridgehead atoms. The normalized spacial score (nSPS) is 11.5. The molecule has 0 saturated heterocycles. The lowest BCUT2D eigenvalue weighted by atomic mass is 10.0. The highest BCUT2D eigenvalue weighted by Crippen LogP contribution is 2.14. The molecule has 2 aromatic carbocycles. The molecule has 4 N–H and O–H groups in total. The van der Waals surface area contributed by atoms with E-state index in [0.717, 1.165) is 11.1 Å². The smallest absolute Gasteiger partial charge is 0.321 e. The van der Waals surface area contributed by atoms with Crippen LogP contribution in [0, 0.1) is 0 Å². The molecule has 0 saturated carbocycles. The van der Waals surface area contributed by atoms with Crippen LogP contribution in [0.5, 0.6) is 0 Å². The molecular formula is C19H24N4O2. The van der Waals surface area contributed by atoms with Crippen LogP contribution in [0.25, 0.3) is 0 Å². The first-order chi connectivity index (χ1) is 12.0. The first-order valence-electron chi connectivity index (χ1n) is 8.10. The quantitative estimate of drug-likeness (QED) is 0.755. The Morgan fingerprint density at radius 1 is 1.08 bits per heavy atom. The SMILES string of the molecule is CN(C)C(=O)Nc1cccc(CNC(=O)CC(N)c2ccccc2)c1. The van der Waals surface area contributed by atoms with Crippen LogP contribution in [0.15, 0.2) is 54.6 Å². The minimum Gasteiger partial charge on any atom is -0.352 e. The number of carbonyl (C=O) groups excluding carboxylic acids is 2. The van der Waals surface area contributed by atoms with Gasteiger partial charge in [0.15, 0.2) is 0 Å². The van der Waals surface area contributed by atoms with Crippen LogP contribution in [0.2, 0.25) is 0 Å². The number of hydrogen-bond acceptors (Lipinski definition) is 3. The third-order valence-electron chi connectivity index (χ3n) is 3.71. The maximum atomic E-state index is 12.1. The highest BCUT2D eigenvalue weighted by atomic mass is 16.2. The molecule has 0 aliphatic heterocycles. The molecule has 0 aliphatic carbocycles. The molecule has 1 unspecified atom stereocenters. The first-order valence-corrected chi connectivity index (χ1v) is 8.10. The van der Waals surface area contributed by atoms with Gasteiger partial charge in [-0.2, -0.15) is 0 Å². The molecule has 0 radical (unpaired) electrons. The second kappa shape index (κ2) is 8.84. The number of urea groups is 1. The molecule has 1 atom stereocenters. The maximum absolute atomic E-state index is 12.1. The van der Waals surface area contributed by atoms with Gasteiger partial charge in [0, 0.05) is 38.8 Å². The van der Waals surface area contributed by atoms with Gasteiger partial charge in [0.2, 0.25) is 5.91 Å². The average molecular weight is 340 g/mol. The molecule has 0 fully saturated rings. The number of amides is 3. The molecule has 0 heterocycles. The summed E-state index contributed by atoms with van der Waals surface area (Å²) >= 11 is 0. The second-order valence-corrected chi connectivity index (χ2v) is 6.02. The molecule has 3 amide bonds. The van der Waals surface area contributed by atoms with Crippen LogP contribution in [0.4, 0.5) is 10.5 Å². The summed E-state index contributed by atoms with van der Waals surface area (Å²) in [6.07, 6.45) is 0.223. The van der Waals surface area contributed by atoms with Crippen molar-refractivity contribution >= 4 is 17.6 Å². The van der Waals surface area contributed by atoms with Gasteiger partial charge in [0.1, 0.15) is 0 Å². The van der Waals surface area contributed by atoms with E-state index in [1.807, 2.05) is 48.5 Å². The van der Waals surface area contributed by atoms with Gasteiger partial charge < -0.3 is 21.3 Å². The van der Waals surface area contributed by atoms with E-state index >= 15 is 0 Å². The number of benzene rings is 2. The Hall–Kier alpha value is -2.86. The number of hydrogen-bond donors (Lipinski definition) is 3. The van der Waals surface area contributed by atoms with Gasteiger partial charge >= 0.3 is 6.03 Å². The third kappa shape index (κ3) is 5.93. The Bertz CT molecular complexity index is 716. The molecule has 2 aromatic rings. The Balaban J connectivity index is 1.86. The Morgan fingerprint density at radius 2 is 1.80 bits per heavy atom. The Labute approximate surface area is 148 Å². The van der Waals surface area contributed by atoms with E-state index < -0.39 is 0 Å². The molecule has 2 rings (SSSR count). The van der Waals surface area contributed by atoms with Crippen molar-refractivity contribution in [3.8, 4) is 0 Å². The van der Waals surface area contributed by atoms with E-state index in [4.69, 9.17) is 5.73 Å². The number of nitrogens with zero attached hydrogens (tertiary/aromatic N) is 1. The fourth-order valence-electron chi connectivity index (χ4n) is 2.28. The molecule has 6 nitrogen and oxygen atoms in total. The summed E-state index contributed by atoms with van der Waals surface area (Å²) < 4.78 is 0. The standard InChI is InChI=1S/C19H24N4O2/c1-23(2)19(25)22-16-10-6-7-14(11-16)13-21-18(24)12-17(20)15-8-4-3-5-9-15/h3-11,17H,12-13,20H2,1-2H3,(H,21,24)(H,22,25). The number of nitrogens with one attached hydrogen (secondary N) is 2. The van der Waals surface area contributed by atoms with Crippen molar-refractivity contribution in [3.05, 3.63) is 65.7 Å². The topological polar surface area (TPSA) is 87.5 Å². The lowest BCUT2D eigenvalue weighted by molar-refractivity contribution is -0.121. The summed E-state index contributed by atoms with van der Waals surface area (Å²) in [4.78, 5) is 25.2. The molecule has 132 valence electrons. The highest BCUT2D eigenvalue weighted by molar-refractivity contribution is 5.89. The molecule has 6 heteroatoms. The molecular weight excluding hydrogens is 316 g/mol. The summed E-state index contributed by atoms with van der Waals surface area (Å²) in [7, 11) is 3.35. The number of rotatable bonds is 6. The number of carbonyl (C=O) groups is 2. The van der Waals surface area contributed by atoms with E-state index in [9.17, 15) is 9.59 Å². The summed E-state index contributed by atoms with van der Waals surface area (Å²) in [6.45, 7) is 0.381. The van der Waals surface area contributed by atoms with Crippen molar-refractivity contribution in [3.63, 3.8) is 0 Å². The molecule has 0 aliphatic rings. The first kappa shape index (κ1) is 18.5. The van der Waals surface area contributed by atoms with Crippen molar-refractivity contribution in [2.75, 3.05) is 19.4 Å². The largest absolute Gasteiger partial charge is 0.352 e. The zero-order chi connectivity index (χ0) is 18.2. The fourth-order valence-corrected chi connectivity index (χ4v) is 2.28. The van der Waals surface area contributed by atoms with Gasteiger partial charge in [-0.05, 0) is 23.3 Å². The van der Waals surface area contributed by atoms with Gasteiger partial charge in [-0.3, -0.25) is 4.79 Å². The van der Waals surface area contributed by atoms with E-state index in [0.29, 0.717) is 12.2 Å². The predicted octanol–water partition coefficient (Wildman–Crippen LogP) is 2.49. The zero-order valence-electron chi connectivity index (χ0n) is 14.5. The van der Waals surface area contributed by atoms with Gasteiger partial charge in [0.25, 0.3) is 0 Å². The van der Waals surface area contributed by atoms with Crippen molar-refractivity contribution in [2.24, 2.45) is 5.73 Å². The average Bonchev–Trinajstić information content (AvgIpc) is 2.61. The monoisotopic (exact) mass is 340 g/mol. The fraction of sp³-hybridized carbons (Fsp3) is 0.263. The van der Waals surface area contributed by atoms with Gasteiger partial charge in [-0.15, -0.1) is 0 Å². The summed E-state index contributed by atoms with van der Waals surface area (Å²) in [5.74, 6) is -0.112. The Kier molecular flexibility index (Phi) is 6.54. The van der Waals surface area contributed by atoms with Crippen molar-refractivity contribution in [1.29, 1.82) is 0 Å². The zero-order valence-corrected chi connectivity index (χ0v) is 14.5. The van der Waals surface area contributed by atoms with Gasteiger partial charge in [0.05, 0.1) is 0 Å². The van der Waals surface area contributed by atoms with Crippen LogP contribution >= 0.6 is 0 Å². The minimum atomic E-state index is -0.327. The van der Waals surface area contributed by atoms with Crippen LogP contribution in [0.3, 0.4) is 0 Å². The highest BCUT2D eigenvalue weighted by Gasteiger charge is 2.11. The molecule has 0 aromatic heterocycles. The van der Waals surface area contributed by atoms with Gasteiger partial charge in [-0.25, -0.2) is 4.79 Å². The van der Waals surface area contributed by atoms with Crippen LogP contribution in [-0.2, 0) is 11.3 Å². The van der Waals surface area contributed by atoms with Crippen LogP contribution < -0.4 is 16.4 Å². The Morgan fingerprint density at radius 3 is 2.48 bits per heavy atom. The lowest BCUT2D eigenvalue weighted by Crippen LogP contribution is -2.28. The van der Waals surface area contributed by atoms with Crippen molar-refractivity contribution in [2.45, 2.75) is 19.0 Å². The van der Waals surface area contributed by atoms with Crippen LogP contribution in [0.1, 0.15) is 23.6 Å². The summed E-state index contributed by atoms with van der Waals surface area (Å²) in [5.41, 5.74) is 8.58. The van der Waals surface area contributed by atoms with E-state index in [-0.39, 0.29) is 24.4 Å². The second-order valence-electron chi connectivity index (χ2n) is 6.02. The van der Waals surface area contributed by atoms with Gasteiger partial charge in [-0.1, -0.05) is 42.5 Å². The minimum absolute atomic E-state index is 0.112. The van der Waals surface area contributed by atoms with E-state index in [2.05, 4.69) is 10.6 Å². The van der Waals surface area contributed by atoms with Crippen molar-refractivity contribution in [1.82, 2.24) is 10.2 Å². The van der Waals surface area contributed by atoms with Crippen LogP contribution in [-0.4, -0.2) is 30.9 Å². The lowest BCUT2D eigenvalue weighted by Gasteiger charge is -2.14. The maximum Gasteiger partial charge on any atom is 0.321 e. The number of anilines is 1. The van der Waals surface area contributed by atoms with Crippen molar-refractivity contribution < 1.29 is 9.59 Å². The molecule has 25 heavy (non-hydrogen) atoms. The summed E-state index contributed by atoms with van der Waals surface area (Å²) in [6, 6.07) is 16.4. The predicted molar refractivity (Wildman–Crippen MR) is 99.0 cm³/mol. The van der Waals surface area contributed by atoms with E-state index in [1.165, 1.54) is 4.90 Å². The third-order valence-corrected chi connectivity index (χ3v) is 3.71.